The molecule has 1 aliphatic rings. The maximum atomic E-state index is 13.4. The summed E-state index contributed by atoms with van der Waals surface area (Å²) in [5.41, 5.74) is 1.50. The molecule has 1 fully saturated rings. The lowest BCUT2D eigenvalue weighted by Gasteiger charge is -2.20. The molecule has 1 N–H and O–H groups in total. The highest BCUT2D eigenvalue weighted by atomic mass is 19.1. The molecule has 1 saturated heterocycles. The third-order valence-corrected chi connectivity index (χ3v) is 4.52. The van der Waals surface area contributed by atoms with Crippen LogP contribution in [-0.2, 0) is 17.7 Å². The number of nitrogens with one attached hydrogen (secondary N) is 1. The number of rotatable bonds is 6. The average molecular weight is 345 g/mol. The zero-order valence-corrected chi connectivity index (χ0v) is 14.0. The van der Waals surface area contributed by atoms with Crippen molar-refractivity contribution in [3.05, 3.63) is 41.6 Å². The maximum absolute atomic E-state index is 13.4. The van der Waals surface area contributed by atoms with Gasteiger partial charge in [-0.15, -0.1) is 0 Å². The highest BCUT2D eigenvalue weighted by molar-refractivity contribution is 5.75. The van der Waals surface area contributed by atoms with Gasteiger partial charge < -0.3 is 14.2 Å². The molecule has 132 valence electrons. The molecule has 0 aliphatic carbocycles. The van der Waals surface area contributed by atoms with E-state index < -0.39 is 0 Å². The summed E-state index contributed by atoms with van der Waals surface area (Å²) in [6.07, 6.45) is 2.70. The first-order valence-electron chi connectivity index (χ1n) is 8.42. The van der Waals surface area contributed by atoms with Crippen molar-refractivity contribution < 1.29 is 13.7 Å². The van der Waals surface area contributed by atoms with Crippen LogP contribution in [0, 0.1) is 5.82 Å². The zero-order chi connectivity index (χ0) is 17.2. The topological polar surface area (TPSA) is 80.1 Å². The van der Waals surface area contributed by atoms with E-state index in [9.17, 15) is 4.39 Å². The minimum Gasteiger partial charge on any atom is -0.384 e. The van der Waals surface area contributed by atoms with Gasteiger partial charge in [-0.05, 0) is 37.6 Å². The van der Waals surface area contributed by atoms with E-state index in [-0.39, 0.29) is 11.9 Å². The van der Waals surface area contributed by atoms with Crippen molar-refractivity contribution in [2.24, 2.45) is 0 Å². The monoisotopic (exact) mass is 345 g/mol. The predicted octanol–water partition coefficient (Wildman–Crippen LogP) is 2.61. The fourth-order valence-corrected chi connectivity index (χ4v) is 3.31. The molecule has 25 heavy (non-hydrogen) atoms. The Kier molecular flexibility index (Phi) is 4.46. The van der Waals surface area contributed by atoms with Crippen molar-refractivity contribution in [3.8, 4) is 0 Å². The van der Waals surface area contributed by atoms with Crippen molar-refractivity contribution in [2.45, 2.75) is 31.8 Å². The first kappa shape index (κ1) is 16.2. The molecule has 2 aromatic heterocycles. The van der Waals surface area contributed by atoms with Gasteiger partial charge in [-0.3, -0.25) is 4.90 Å². The van der Waals surface area contributed by atoms with Crippen LogP contribution in [0.2, 0.25) is 0 Å². The largest absolute Gasteiger partial charge is 0.384 e. The molecule has 0 spiro atoms. The molecular weight excluding hydrogens is 325 g/mol. The van der Waals surface area contributed by atoms with Gasteiger partial charge in [0, 0.05) is 13.5 Å². The third-order valence-electron chi connectivity index (χ3n) is 4.52. The quantitative estimate of drug-likeness (QED) is 0.740. The van der Waals surface area contributed by atoms with E-state index in [1.54, 1.807) is 13.2 Å². The second kappa shape index (κ2) is 6.89. The van der Waals surface area contributed by atoms with E-state index >= 15 is 0 Å². The van der Waals surface area contributed by atoms with Crippen molar-refractivity contribution >= 4 is 11.0 Å². The fourth-order valence-electron chi connectivity index (χ4n) is 3.31. The van der Waals surface area contributed by atoms with E-state index in [0.717, 1.165) is 36.2 Å². The third kappa shape index (κ3) is 3.40. The molecule has 0 saturated carbocycles. The van der Waals surface area contributed by atoms with Gasteiger partial charge in [-0.25, -0.2) is 9.37 Å². The molecule has 0 unspecified atom stereocenters. The number of aromatic nitrogens is 4. The number of fused-ring (bicyclic) bond motifs is 1. The van der Waals surface area contributed by atoms with Gasteiger partial charge >= 0.3 is 0 Å². The molecule has 1 aromatic carbocycles. The number of methoxy groups -OCH3 is 1. The summed E-state index contributed by atoms with van der Waals surface area (Å²) in [5, 5.41) is 3.98. The Morgan fingerprint density at radius 2 is 2.32 bits per heavy atom. The Bertz CT molecular complexity index is 862. The SMILES string of the molecule is COCCc1noc(CN2CCC[C@H]2c2nc3ccc(F)cc3[nH]2)n1. The van der Waals surface area contributed by atoms with Crippen molar-refractivity contribution in [1.29, 1.82) is 0 Å². The molecule has 1 atom stereocenters. The van der Waals surface area contributed by atoms with E-state index in [4.69, 9.17) is 9.26 Å². The molecule has 3 heterocycles. The number of benzene rings is 1. The molecule has 4 rings (SSSR count). The summed E-state index contributed by atoms with van der Waals surface area (Å²) in [6.45, 7) is 2.09. The number of halogens is 1. The number of ether oxygens (including phenoxy) is 1. The number of imidazole rings is 1. The van der Waals surface area contributed by atoms with Crippen LogP contribution >= 0.6 is 0 Å². The standard InChI is InChI=1S/C17H20FN5O2/c1-24-8-6-15-21-16(25-22-15)10-23-7-2-3-14(23)17-19-12-5-4-11(18)9-13(12)20-17/h4-5,9,14H,2-3,6-8,10H2,1H3,(H,19,20)/t14-/m0/s1. The Balaban J connectivity index is 1.50. The first-order chi connectivity index (χ1) is 12.2. The fraction of sp³-hybridized carbons (Fsp3) is 0.471. The van der Waals surface area contributed by atoms with E-state index in [0.29, 0.717) is 31.3 Å². The van der Waals surface area contributed by atoms with Gasteiger partial charge in [-0.2, -0.15) is 4.98 Å². The van der Waals surface area contributed by atoms with Gasteiger partial charge in [-0.1, -0.05) is 5.16 Å². The van der Waals surface area contributed by atoms with Crippen LogP contribution in [-0.4, -0.2) is 45.3 Å². The van der Waals surface area contributed by atoms with Crippen molar-refractivity contribution in [2.75, 3.05) is 20.3 Å². The molecule has 0 bridgehead atoms. The van der Waals surface area contributed by atoms with E-state index in [2.05, 4.69) is 25.0 Å². The Labute approximate surface area is 144 Å². The minimum atomic E-state index is -0.263. The van der Waals surface area contributed by atoms with Crippen LogP contribution in [0.25, 0.3) is 11.0 Å². The number of nitrogens with zero attached hydrogens (tertiary/aromatic N) is 4. The number of likely N-dealkylation sites (tertiary alicyclic amines) is 1. The second-order valence-corrected chi connectivity index (χ2v) is 6.26. The highest BCUT2D eigenvalue weighted by Gasteiger charge is 2.30. The maximum Gasteiger partial charge on any atom is 0.240 e. The van der Waals surface area contributed by atoms with Gasteiger partial charge in [0.05, 0.1) is 30.2 Å². The molecule has 1 aliphatic heterocycles. The van der Waals surface area contributed by atoms with Crippen LogP contribution in [0.4, 0.5) is 4.39 Å². The Hall–Kier alpha value is -2.32. The van der Waals surface area contributed by atoms with Crippen molar-refractivity contribution in [3.63, 3.8) is 0 Å². The lowest BCUT2D eigenvalue weighted by atomic mass is 10.2. The van der Waals surface area contributed by atoms with Crippen LogP contribution in [0.3, 0.4) is 0 Å². The number of hydrogen-bond acceptors (Lipinski definition) is 6. The number of hydrogen-bond donors (Lipinski definition) is 1. The van der Waals surface area contributed by atoms with Crippen LogP contribution in [0.1, 0.15) is 36.4 Å². The zero-order valence-electron chi connectivity index (χ0n) is 14.0. The van der Waals surface area contributed by atoms with E-state index in [1.165, 1.54) is 12.1 Å². The number of aromatic amines is 1. The molecule has 0 amide bonds. The predicted molar refractivity (Wildman–Crippen MR) is 88.3 cm³/mol. The van der Waals surface area contributed by atoms with Gasteiger partial charge in [0.2, 0.25) is 5.89 Å². The minimum absolute atomic E-state index is 0.143. The Morgan fingerprint density at radius 1 is 1.40 bits per heavy atom. The summed E-state index contributed by atoms with van der Waals surface area (Å²) < 4.78 is 23.8. The van der Waals surface area contributed by atoms with Crippen LogP contribution in [0.15, 0.2) is 22.7 Å². The summed E-state index contributed by atoms with van der Waals surface area (Å²) in [5.74, 6) is 1.85. The summed E-state index contributed by atoms with van der Waals surface area (Å²) >= 11 is 0. The highest BCUT2D eigenvalue weighted by Crippen LogP contribution is 2.32. The first-order valence-corrected chi connectivity index (χ1v) is 8.42. The summed E-state index contributed by atoms with van der Waals surface area (Å²) in [7, 11) is 1.65. The second-order valence-electron chi connectivity index (χ2n) is 6.26. The Morgan fingerprint density at radius 3 is 3.20 bits per heavy atom. The van der Waals surface area contributed by atoms with Gasteiger partial charge in [0.25, 0.3) is 0 Å². The van der Waals surface area contributed by atoms with Crippen LogP contribution in [0.5, 0.6) is 0 Å². The number of H-pyrrole nitrogens is 1. The lowest BCUT2D eigenvalue weighted by molar-refractivity contribution is 0.198. The van der Waals surface area contributed by atoms with Gasteiger partial charge in [0.15, 0.2) is 5.82 Å². The smallest absolute Gasteiger partial charge is 0.240 e. The molecular formula is C17H20FN5O2. The normalized spacial score (nSPS) is 18.4. The molecule has 0 radical (unpaired) electrons. The lowest BCUT2D eigenvalue weighted by Crippen LogP contribution is -2.23. The molecule has 7 nitrogen and oxygen atoms in total. The summed E-state index contributed by atoms with van der Waals surface area (Å²) in [4.78, 5) is 14.6. The summed E-state index contributed by atoms with van der Waals surface area (Å²) in [6, 6.07) is 4.75. The van der Waals surface area contributed by atoms with Crippen molar-refractivity contribution in [1.82, 2.24) is 25.0 Å². The van der Waals surface area contributed by atoms with E-state index in [1.807, 2.05) is 0 Å². The molecule has 8 heteroatoms. The van der Waals surface area contributed by atoms with Gasteiger partial charge in [0.1, 0.15) is 11.6 Å². The molecule has 3 aromatic rings. The van der Waals surface area contributed by atoms with Crippen LogP contribution < -0.4 is 0 Å². The average Bonchev–Trinajstić information content (AvgIpc) is 3.32.